The van der Waals surface area contributed by atoms with Gasteiger partial charge in [-0.3, -0.25) is 4.98 Å². The van der Waals surface area contributed by atoms with Gasteiger partial charge in [-0.15, -0.1) is 0 Å². The van der Waals surface area contributed by atoms with E-state index >= 15 is 0 Å². The second kappa shape index (κ2) is 12.8. The Hall–Kier alpha value is -3.92. The molecule has 2 N–H and O–H groups in total. The van der Waals surface area contributed by atoms with Gasteiger partial charge in [0.2, 0.25) is 5.88 Å². The Morgan fingerprint density at radius 3 is 2.56 bits per heavy atom. The lowest BCUT2D eigenvalue weighted by Crippen LogP contribution is -2.44. The summed E-state index contributed by atoms with van der Waals surface area (Å²) < 4.78 is 22.3. The van der Waals surface area contributed by atoms with Crippen LogP contribution in [-0.4, -0.2) is 53.6 Å². The van der Waals surface area contributed by atoms with Gasteiger partial charge in [-0.2, -0.15) is 0 Å². The molecule has 2 aromatic heterocycles. The predicted molar refractivity (Wildman–Crippen MR) is 145 cm³/mol. The van der Waals surface area contributed by atoms with E-state index in [4.69, 9.17) is 18.9 Å². The maximum absolute atomic E-state index is 12.8. The number of aromatic nitrogens is 2. The molecule has 1 aliphatic heterocycles. The largest absolute Gasteiger partial charge is 0.481 e. The minimum Gasteiger partial charge on any atom is -0.481 e. The molecular weight excluding hydrogens is 500 g/mol. The Morgan fingerprint density at radius 2 is 1.87 bits per heavy atom. The fraction of sp³-hybridized carbons (Fsp3) is 0.448. The summed E-state index contributed by atoms with van der Waals surface area (Å²) in [6.07, 6.45) is 2.43. The molecule has 0 aliphatic carbocycles. The van der Waals surface area contributed by atoms with Gasteiger partial charge in [0.15, 0.2) is 0 Å². The first kappa shape index (κ1) is 28.1. The minimum atomic E-state index is -0.647. The number of hydrogen-bond donors (Lipinski definition) is 2. The van der Waals surface area contributed by atoms with Crippen LogP contribution in [0, 0.1) is 0 Å². The number of rotatable bonds is 8. The zero-order chi connectivity index (χ0) is 27.8. The van der Waals surface area contributed by atoms with Gasteiger partial charge in [0.1, 0.15) is 12.2 Å². The quantitative estimate of drug-likeness (QED) is 0.409. The third-order valence-electron chi connectivity index (χ3n) is 6.27. The van der Waals surface area contributed by atoms with Crippen LogP contribution in [0.15, 0.2) is 54.7 Å². The third kappa shape index (κ3) is 8.28. The van der Waals surface area contributed by atoms with Crippen LogP contribution in [0.5, 0.6) is 5.88 Å². The number of nitrogens with one attached hydrogen (secondary N) is 2. The van der Waals surface area contributed by atoms with Crippen molar-refractivity contribution in [3.8, 4) is 5.88 Å². The maximum Gasteiger partial charge on any atom is 0.408 e. The number of carbonyl (C=O) groups excluding carboxylic acids is 2. The topological polar surface area (TPSA) is 121 Å². The summed E-state index contributed by atoms with van der Waals surface area (Å²) in [5.74, 6) is 0.453. The fourth-order valence-electron chi connectivity index (χ4n) is 4.44. The Bertz CT molecular complexity index is 1260. The SMILES string of the molecule is COc1ccc2nccc(C(CC3CCC(NC(=O)OCc4ccccc4)CO3)NC(=O)OC(C)(C)C)c2n1. The van der Waals surface area contributed by atoms with Gasteiger partial charge in [-0.25, -0.2) is 14.6 Å². The average Bonchev–Trinajstić information content (AvgIpc) is 2.91. The highest BCUT2D eigenvalue weighted by Gasteiger charge is 2.29. The second-order valence-corrected chi connectivity index (χ2v) is 10.5. The molecule has 0 saturated carbocycles. The number of methoxy groups -OCH3 is 1. The number of amides is 2. The van der Waals surface area contributed by atoms with E-state index in [-0.39, 0.29) is 18.8 Å². The summed E-state index contributed by atoms with van der Waals surface area (Å²) in [7, 11) is 1.55. The van der Waals surface area contributed by atoms with Crippen molar-refractivity contribution in [2.45, 2.75) is 70.4 Å². The van der Waals surface area contributed by atoms with Crippen molar-refractivity contribution >= 4 is 23.2 Å². The maximum atomic E-state index is 12.8. The van der Waals surface area contributed by atoms with Crippen molar-refractivity contribution in [3.05, 3.63) is 65.9 Å². The summed E-state index contributed by atoms with van der Waals surface area (Å²) in [6, 6.07) is 14.3. The van der Waals surface area contributed by atoms with Crippen LogP contribution in [-0.2, 0) is 20.8 Å². The van der Waals surface area contributed by atoms with Gasteiger partial charge < -0.3 is 29.6 Å². The number of benzene rings is 1. The zero-order valence-corrected chi connectivity index (χ0v) is 22.8. The number of nitrogens with zero attached hydrogens (tertiary/aromatic N) is 2. The summed E-state index contributed by atoms with van der Waals surface area (Å²) in [6.45, 7) is 6.00. The summed E-state index contributed by atoms with van der Waals surface area (Å²) >= 11 is 0. The summed E-state index contributed by atoms with van der Waals surface area (Å²) in [5, 5.41) is 5.88. The summed E-state index contributed by atoms with van der Waals surface area (Å²) in [4.78, 5) is 34.1. The molecule has 3 atom stereocenters. The highest BCUT2D eigenvalue weighted by Crippen LogP contribution is 2.30. The van der Waals surface area contributed by atoms with Crippen molar-refractivity contribution < 1.29 is 28.5 Å². The first-order valence-corrected chi connectivity index (χ1v) is 13.1. The first-order valence-electron chi connectivity index (χ1n) is 13.1. The monoisotopic (exact) mass is 536 g/mol. The zero-order valence-electron chi connectivity index (χ0n) is 22.8. The van der Waals surface area contributed by atoms with Crippen LogP contribution in [0.1, 0.15) is 57.2 Å². The van der Waals surface area contributed by atoms with Crippen molar-refractivity contribution in [2.75, 3.05) is 13.7 Å². The van der Waals surface area contributed by atoms with Crippen LogP contribution in [0.3, 0.4) is 0 Å². The molecule has 4 rings (SSSR count). The summed E-state index contributed by atoms with van der Waals surface area (Å²) in [5.41, 5.74) is 2.39. The van der Waals surface area contributed by atoms with E-state index in [0.29, 0.717) is 42.8 Å². The van der Waals surface area contributed by atoms with Crippen LogP contribution in [0.2, 0.25) is 0 Å². The normalized spacial score (nSPS) is 18.2. The van der Waals surface area contributed by atoms with Gasteiger partial charge in [-0.05, 0) is 57.7 Å². The molecule has 0 bridgehead atoms. The van der Waals surface area contributed by atoms with E-state index < -0.39 is 23.8 Å². The Morgan fingerprint density at radius 1 is 1.08 bits per heavy atom. The fourth-order valence-corrected chi connectivity index (χ4v) is 4.44. The average molecular weight is 537 g/mol. The van der Waals surface area contributed by atoms with E-state index in [2.05, 4.69) is 20.6 Å². The van der Waals surface area contributed by atoms with Gasteiger partial charge in [0.25, 0.3) is 0 Å². The molecule has 10 nitrogen and oxygen atoms in total. The van der Waals surface area contributed by atoms with Crippen molar-refractivity contribution in [3.63, 3.8) is 0 Å². The van der Waals surface area contributed by atoms with Gasteiger partial charge in [0.05, 0.1) is 42.9 Å². The van der Waals surface area contributed by atoms with Crippen molar-refractivity contribution in [1.29, 1.82) is 0 Å². The van der Waals surface area contributed by atoms with Crippen LogP contribution >= 0.6 is 0 Å². The van der Waals surface area contributed by atoms with E-state index in [9.17, 15) is 9.59 Å². The Labute approximate surface area is 228 Å². The molecule has 3 aromatic rings. The molecule has 1 fully saturated rings. The highest BCUT2D eigenvalue weighted by molar-refractivity contribution is 5.79. The van der Waals surface area contributed by atoms with E-state index in [1.54, 1.807) is 19.4 Å². The molecule has 208 valence electrons. The lowest BCUT2D eigenvalue weighted by atomic mass is 9.95. The number of fused-ring (bicyclic) bond motifs is 1. The number of alkyl carbamates (subject to hydrolysis) is 2. The molecule has 1 aromatic carbocycles. The molecule has 1 aliphatic rings. The van der Waals surface area contributed by atoms with Gasteiger partial charge in [-0.1, -0.05) is 30.3 Å². The minimum absolute atomic E-state index is 0.155. The Kier molecular flexibility index (Phi) is 9.19. The van der Waals surface area contributed by atoms with Crippen LogP contribution < -0.4 is 15.4 Å². The smallest absolute Gasteiger partial charge is 0.408 e. The molecule has 3 heterocycles. The number of carbonyl (C=O) groups is 2. The molecule has 39 heavy (non-hydrogen) atoms. The molecule has 0 radical (unpaired) electrons. The highest BCUT2D eigenvalue weighted by atomic mass is 16.6. The second-order valence-electron chi connectivity index (χ2n) is 10.5. The first-order chi connectivity index (χ1) is 18.7. The lowest BCUT2D eigenvalue weighted by Gasteiger charge is -2.32. The number of ether oxygens (including phenoxy) is 4. The van der Waals surface area contributed by atoms with Crippen molar-refractivity contribution in [1.82, 2.24) is 20.6 Å². The van der Waals surface area contributed by atoms with E-state index in [1.165, 1.54) is 0 Å². The van der Waals surface area contributed by atoms with E-state index in [1.807, 2.05) is 63.2 Å². The van der Waals surface area contributed by atoms with Crippen LogP contribution in [0.4, 0.5) is 9.59 Å². The molecule has 2 amide bonds. The van der Waals surface area contributed by atoms with Gasteiger partial charge >= 0.3 is 12.2 Å². The lowest BCUT2D eigenvalue weighted by molar-refractivity contribution is -0.0135. The standard InChI is InChI=1S/C29H36N4O6/c1-29(2,3)39-28(35)32-24(22-14-15-30-23-12-13-25(36-4)33-26(22)23)16-21-11-10-20(18-37-21)31-27(34)38-17-19-8-6-5-7-9-19/h5-9,12-15,20-21,24H,10-11,16-18H2,1-4H3,(H,31,34)(H,32,35). The predicted octanol–water partition coefficient (Wildman–Crippen LogP) is 5.07. The number of hydrogen-bond acceptors (Lipinski definition) is 8. The van der Waals surface area contributed by atoms with Gasteiger partial charge in [0, 0.05) is 17.8 Å². The molecule has 3 unspecified atom stereocenters. The molecule has 1 saturated heterocycles. The molecule has 0 spiro atoms. The van der Waals surface area contributed by atoms with E-state index in [0.717, 1.165) is 11.1 Å². The third-order valence-corrected chi connectivity index (χ3v) is 6.27. The van der Waals surface area contributed by atoms with Crippen LogP contribution in [0.25, 0.3) is 11.0 Å². The molecular formula is C29H36N4O6. The van der Waals surface area contributed by atoms with Crippen molar-refractivity contribution in [2.24, 2.45) is 0 Å². The number of pyridine rings is 2. The molecule has 10 heteroatoms. The Balaban J connectivity index is 1.40.